The van der Waals surface area contributed by atoms with E-state index in [0.29, 0.717) is 12.1 Å². The number of carbonyl (C=O) groups is 2. The fourth-order valence-electron chi connectivity index (χ4n) is 3.75. The monoisotopic (exact) mass is 418 g/mol. The number of hydrogen-bond donors (Lipinski definition) is 3. The molecule has 4 N–H and O–H groups in total. The zero-order valence-corrected chi connectivity index (χ0v) is 16.7. The van der Waals surface area contributed by atoms with E-state index in [9.17, 15) is 9.59 Å². The van der Waals surface area contributed by atoms with Gasteiger partial charge in [-0.3, -0.25) is 10.1 Å². The molecule has 0 bridgehead atoms. The number of fused-ring (bicyclic) bond motifs is 3. The van der Waals surface area contributed by atoms with Crippen LogP contribution >= 0.6 is 0 Å². The van der Waals surface area contributed by atoms with E-state index >= 15 is 0 Å². The van der Waals surface area contributed by atoms with E-state index in [2.05, 4.69) is 39.6 Å². The van der Waals surface area contributed by atoms with Gasteiger partial charge in [0.2, 0.25) is 5.95 Å². The predicted molar refractivity (Wildman–Crippen MR) is 115 cm³/mol. The van der Waals surface area contributed by atoms with Gasteiger partial charge in [0, 0.05) is 17.8 Å². The van der Waals surface area contributed by atoms with Gasteiger partial charge in [0.15, 0.2) is 0 Å². The molecule has 0 radical (unpaired) electrons. The summed E-state index contributed by atoms with van der Waals surface area (Å²) >= 11 is 0. The lowest BCUT2D eigenvalue weighted by Crippen LogP contribution is -2.30. The van der Waals surface area contributed by atoms with Gasteiger partial charge in [-0.15, -0.1) is 0 Å². The molecule has 1 aliphatic carbocycles. The van der Waals surface area contributed by atoms with E-state index < -0.39 is 18.1 Å². The van der Waals surface area contributed by atoms with E-state index in [-0.39, 0.29) is 24.9 Å². The Morgan fingerprint density at radius 2 is 1.71 bits per heavy atom. The standard InChI is InChI=1S/C23H22N4O4/c24-20(21(28)29)10-9-14-11-12-25-22(26-14)27-23(30)31-13-19-17-7-3-1-5-15(17)16-6-2-4-8-18(16)19/h1-8,11-12,19-20H,9-10,13,24H2,(H,28,29)(H,25,26,27,30). The minimum absolute atomic E-state index is 0.0390. The average Bonchev–Trinajstić information content (AvgIpc) is 3.10. The fraction of sp³-hybridized carbons (Fsp3) is 0.217. The minimum atomic E-state index is -1.06. The highest BCUT2D eigenvalue weighted by Crippen LogP contribution is 2.44. The number of ether oxygens (including phenoxy) is 1. The molecular weight excluding hydrogens is 396 g/mol. The third-order valence-corrected chi connectivity index (χ3v) is 5.30. The smallest absolute Gasteiger partial charge is 0.414 e. The number of nitrogens with zero attached hydrogens (tertiary/aromatic N) is 2. The van der Waals surface area contributed by atoms with Crippen LogP contribution in [0.5, 0.6) is 0 Å². The van der Waals surface area contributed by atoms with Gasteiger partial charge >= 0.3 is 12.1 Å². The number of hydrogen-bond acceptors (Lipinski definition) is 6. The summed E-state index contributed by atoms with van der Waals surface area (Å²) in [7, 11) is 0. The molecule has 4 rings (SSSR count). The van der Waals surface area contributed by atoms with Crippen LogP contribution in [0.4, 0.5) is 10.7 Å². The molecule has 8 nitrogen and oxygen atoms in total. The maximum Gasteiger partial charge on any atom is 0.414 e. The second kappa shape index (κ2) is 8.93. The van der Waals surface area contributed by atoms with Crippen LogP contribution in [0.15, 0.2) is 60.8 Å². The van der Waals surface area contributed by atoms with Crippen LogP contribution in [-0.4, -0.2) is 39.8 Å². The van der Waals surface area contributed by atoms with Crippen molar-refractivity contribution < 1.29 is 19.4 Å². The van der Waals surface area contributed by atoms with E-state index in [1.54, 1.807) is 6.07 Å². The Balaban J connectivity index is 1.38. The Bertz CT molecular complexity index is 1070. The van der Waals surface area contributed by atoms with E-state index in [1.165, 1.54) is 6.20 Å². The highest BCUT2D eigenvalue weighted by Gasteiger charge is 2.29. The third kappa shape index (κ3) is 4.54. The molecule has 158 valence electrons. The lowest BCUT2D eigenvalue weighted by Gasteiger charge is -2.14. The molecule has 0 saturated carbocycles. The van der Waals surface area contributed by atoms with Crippen molar-refractivity contribution in [1.82, 2.24) is 9.97 Å². The van der Waals surface area contributed by atoms with Gasteiger partial charge in [-0.2, -0.15) is 0 Å². The van der Waals surface area contributed by atoms with Crippen molar-refractivity contribution in [3.05, 3.63) is 77.6 Å². The molecule has 1 aliphatic rings. The first-order valence-electron chi connectivity index (χ1n) is 9.95. The number of anilines is 1. The van der Waals surface area contributed by atoms with Gasteiger partial charge in [0.05, 0.1) is 0 Å². The Kier molecular flexibility index (Phi) is 5.90. The molecule has 0 fully saturated rings. The number of amides is 1. The summed E-state index contributed by atoms with van der Waals surface area (Å²) in [4.78, 5) is 31.4. The number of benzene rings is 2. The SMILES string of the molecule is NC(CCc1ccnc(NC(=O)OCC2c3ccccc3-c3ccccc32)n1)C(=O)O. The summed E-state index contributed by atoms with van der Waals surface area (Å²) < 4.78 is 5.49. The van der Waals surface area contributed by atoms with Crippen molar-refractivity contribution in [3.8, 4) is 11.1 Å². The van der Waals surface area contributed by atoms with Gasteiger partial charge in [-0.05, 0) is 41.2 Å². The lowest BCUT2D eigenvalue weighted by molar-refractivity contribution is -0.138. The molecular formula is C23H22N4O4. The van der Waals surface area contributed by atoms with Crippen molar-refractivity contribution in [2.24, 2.45) is 5.73 Å². The topological polar surface area (TPSA) is 127 Å². The second-order valence-corrected chi connectivity index (χ2v) is 7.31. The van der Waals surface area contributed by atoms with Gasteiger partial charge in [0.1, 0.15) is 12.6 Å². The molecule has 1 heterocycles. The molecule has 3 aromatic rings. The number of carbonyl (C=O) groups excluding carboxylic acids is 1. The zero-order valence-electron chi connectivity index (χ0n) is 16.7. The quantitative estimate of drug-likeness (QED) is 0.538. The molecule has 2 aromatic carbocycles. The van der Waals surface area contributed by atoms with Crippen molar-refractivity contribution >= 4 is 18.0 Å². The third-order valence-electron chi connectivity index (χ3n) is 5.30. The van der Waals surface area contributed by atoms with Crippen LogP contribution in [0.2, 0.25) is 0 Å². The summed E-state index contributed by atoms with van der Waals surface area (Å²) in [5.41, 5.74) is 10.7. The lowest BCUT2D eigenvalue weighted by atomic mass is 9.98. The Morgan fingerprint density at radius 1 is 1.06 bits per heavy atom. The van der Waals surface area contributed by atoms with Crippen molar-refractivity contribution in [2.45, 2.75) is 24.8 Å². The Morgan fingerprint density at radius 3 is 2.35 bits per heavy atom. The molecule has 1 aromatic heterocycles. The van der Waals surface area contributed by atoms with Crippen molar-refractivity contribution in [1.29, 1.82) is 0 Å². The van der Waals surface area contributed by atoms with Crippen molar-refractivity contribution in [2.75, 3.05) is 11.9 Å². The van der Waals surface area contributed by atoms with Crippen LogP contribution in [0.1, 0.15) is 29.2 Å². The number of carboxylic acids is 1. The minimum Gasteiger partial charge on any atom is -0.480 e. The number of aliphatic carboxylic acids is 1. The first-order chi connectivity index (χ1) is 15.0. The Labute approximate surface area is 179 Å². The molecule has 0 aliphatic heterocycles. The molecule has 1 atom stereocenters. The number of nitrogens with two attached hydrogens (primary N) is 1. The normalized spacial score (nSPS) is 13.2. The van der Waals surface area contributed by atoms with Crippen molar-refractivity contribution in [3.63, 3.8) is 0 Å². The Hall–Kier alpha value is -3.78. The van der Waals surface area contributed by atoms with E-state index in [4.69, 9.17) is 15.6 Å². The zero-order chi connectivity index (χ0) is 21.8. The predicted octanol–water partition coefficient (Wildman–Crippen LogP) is 3.18. The van der Waals surface area contributed by atoms with Crippen LogP contribution in [0.3, 0.4) is 0 Å². The number of carboxylic acid groups (broad SMARTS) is 1. The average molecular weight is 418 g/mol. The maximum atomic E-state index is 12.3. The summed E-state index contributed by atoms with van der Waals surface area (Å²) in [5.74, 6) is -1.01. The van der Waals surface area contributed by atoms with E-state index in [1.807, 2.05) is 24.3 Å². The highest BCUT2D eigenvalue weighted by atomic mass is 16.5. The fourth-order valence-corrected chi connectivity index (χ4v) is 3.75. The van der Waals surface area contributed by atoms with Crippen LogP contribution in [-0.2, 0) is 16.0 Å². The molecule has 0 saturated heterocycles. The largest absolute Gasteiger partial charge is 0.480 e. The molecule has 1 unspecified atom stereocenters. The maximum absolute atomic E-state index is 12.3. The van der Waals surface area contributed by atoms with Gasteiger partial charge < -0.3 is 15.6 Å². The second-order valence-electron chi connectivity index (χ2n) is 7.31. The summed E-state index contributed by atoms with van der Waals surface area (Å²) in [6.45, 7) is 0.188. The molecule has 31 heavy (non-hydrogen) atoms. The van der Waals surface area contributed by atoms with E-state index in [0.717, 1.165) is 22.3 Å². The summed E-state index contributed by atoms with van der Waals surface area (Å²) in [6.07, 6.45) is 1.43. The number of rotatable bonds is 7. The van der Waals surface area contributed by atoms with Crippen LogP contribution in [0, 0.1) is 0 Å². The summed E-state index contributed by atoms with van der Waals surface area (Å²) in [6, 6.07) is 16.9. The highest BCUT2D eigenvalue weighted by molar-refractivity contribution is 5.83. The molecule has 1 amide bonds. The number of nitrogens with one attached hydrogen (secondary N) is 1. The first kappa shape index (κ1) is 20.5. The van der Waals surface area contributed by atoms with Gasteiger partial charge in [-0.25, -0.2) is 14.8 Å². The summed E-state index contributed by atoms with van der Waals surface area (Å²) in [5, 5.41) is 11.4. The van der Waals surface area contributed by atoms with Crippen LogP contribution in [0.25, 0.3) is 11.1 Å². The van der Waals surface area contributed by atoms with Crippen LogP contribution < -0.4 is 11.1 Å². The number of aromatic nitrogens is 2. The van der Waals surface area contributed by atoms with Gasteiger partial charge in [-0.1, -0.05) is 48.5 Å². The first-order valence-corrected chi connectivity index (χ1v) is 9.95. The molecule has 8 heteroatoms. The molecule has 0 spiro atoms. The van der Waals surface area contributed by atoms with Gasteiger partial charge in [0.25, 0.3) is 0 Å². The number of aryl methyl sites for hydroxylation is 1.